The molecule has 0 N–H and O–H groups in total. The Labute approximate surface area is 156 Å². The van der Waals surface area contributed by atoms with Gasteiger partial charge in [-0.25, -0.2) is 4.98 Å². The molecule has 1 aromatic carbocycles. The summed E-state index contributed by atoms with van der Waals surface area (Å²) in [5.41, 5.74) is 0.381. The van der Waals surface area contributed by atoms with E-state index in [4.69, 9.17) is 0 Å². The molecule has 8 heteroatoms. The predicted octanol–water partition coefficient (Wildman–Crippen LogP) is 3.13. The predicted molar refractivity (Wildman–Crippen MR) is 98.1 cm³/mol. The summed E-state index contributed by atoms with van der Waals surface area (Å²) in [6.07, 6.45) is -2.73. The van der Waals surface area contributed by atoms with E-state index in [9.17, 15) is 18.0 Å². The average Bonchev–Trinajstić information content (AvgIpc) is 2.67. The number of amides is 1. The van der Waals surface area contributed by atoms with Gasteiger partial charge >= 0.3 is 6.18 Å². The Morgan fingerprint density at radius 3 is 2.41 bits per heavy atom. The zero-order chi connectivity index (χ0) is 19.6. The molecule has 1 aliphatic heterocycles. The van der Waals surface area contributed by atoms with Crippen molar-refractivity contribution in [2.75, 3.05) is 50.1 Å². The molecule has 0 radical (unpaired) electrons. The lowest BCUT2D eigenvalue weighted by Gasteiger charge is -2.36. The summed E-state index contributed by atoms with van der Waals surface area (Å²) in [6.45, 7) is 1.84. The normalized spacial score (nSPS) is 15.0. The Hall–Kier alpha value is -2.77. The molecular formula is C19H21F3N4O. The minimum atomic E-state index is -4.36. The van der Waals surface area contributed by atoms with Gasteiger partial charge in [-0.1, -0.05) is 6.07 Å². The number of piperazine rings is 1. The molecular weight excluding hydrogens is 357 g/mol. The molecule has 0 unspecified atom stereocenters. The molecule has 27 heavy (non-hydrogen) atoms. The Morgan fingerprint density at radius 1 is 1.07 bits per heavy atom. The molecule has 1 fully saturated rings. The summed E-state index contributed by atoms with van der Waals surface area (Å²) in [7, 11) is 3.65. The van der Waals surface area contributed by atoms with Crippen LogP contribution < -0.4 is 9.80 Å². The maximum Gasteiger partial charge on any atom is 0.416 e. The summed E-state index contributed by atoms with van der Waals surface area (Å²) in [5.74, 6) is 0.485. The van der Waals surface area contributed by atoms with Crippen LogP contribution in [0.4, 0.5) is 24.7 Å². The van der Waals surface area contributed by atoms with Gasteiger partial charge in [0.15, 0.2) is 0 Å². The smallest absolute Gasteiger partial charge is 0.368 e. The third-order valence-electron chi connectivity index (χ3n) is 4.55. The zero-order valence-electron chi connectivity index (χ0n) is 15.2. The number of carbonyl (C=O) groups excluding carboxylic acids is 1. The number of rotatable bonds is 3. The van der Waals surface area contributed by atoms with Crippen molar-refractivity contribution >= 4 is 17.4 Å². The van der Waals surface area contributed by atoms with Crippen LogP contribution in [0.5, 0.6) is 0 Å². The maximum atomic E-state index is 12.9. The molecule has 3 rings (SSSR count). The number of hydrogen-bond acceptors (Lipinski definition) is 4. The number of carbonyl (C=O) groups is 1. The Balaban J connectivity index is 1.70. The second kappa shape index (κ2) is 7.46. The van der Waals surface area contributed by atoms with E-state index < -0.39 is 11.7 Å². The lowest BCUT2D eigenvalue weighted by atomic mass is 10.1. The van der Waals surface area contributed by atoms with E-state index in [1.54, 1.807) is 34.2 Å². The number of anilines is 2. The highest BCUT2D eigenvalue weighted by molar-refractivity contribution is 5.99. The molecule has 1 aliphatic rings. The van der Waals surface area contributed by atoms with Crippen LogP contribution in [-0.4, -0.2) is 56.1 Å². The van der Waals surface area contributed by atoms with E-state index in [1.165, 1.54) is 6.07 Å². The monoisotopic (exact) mass is 378 g/mol. The standard InChI is InChI=1S/C19H21F3N4O/c1-24(2)17-16(7-4-8-23-17)18(27)26-11-9-25(10-12-26)15-6-3-5-14(13-15)19(20,21)22/h3-8,13H,9-12H2,1-2H3. The molecule has 144 valence electrons. The Bertz CT molecular complexity index is 815. The lowest BCUT2D eigenvalue weighted by Crippen LogP contribution is -2.49. The van der Waals surface area contributed by atoms with Gasteiger partial charge in [-0.05, 0) is 30.3 Å². The summed E-state index contributed by atoms with van der Waals surface area (Å²) in [4.78, 5) is 22.5. The highest BCUT2D eigenvalue weighted by atomic mass is 19.4. The number of alkyl halides is 3. The van der Waals surface area contributed by atoms with Gasteiger partial charge in [0, 0.05) is 52.2 Å². The number of hydrogen-bond donors (Lipinski definition) is 0. The van der Waals surface area contributed by atoms with Crippen LogP contribution in [0.2, 0.25) is 0 Å². The number of nitrogens with zero attached hydrogens (tertiary/aromatic N) is 4. The molecule has 1 saturated heterocycles. The van der Waals surface area contributed by atoms with Crippen LogP contribution in [0.3, 0.4) is 0 Å². The summed E-state index contributed by atoms with van der Waals surface area (Å²) >= 11 is 0. The van der Waals surface area contributed by atoms with Crippen molar-refractivity contribution in [3.8, 4) is 0 Å². The van der Waals surface area contributed by atoms with Crippen LogP contribution >= 0.6 is 0 Å². The third-order valence-corrected chi connectivity index (χ3v) is 4.55. The van der Waals surface area contributed by atoms with Gasteiger partial charge in [0.1, 0.15) is 5.82 Å². The highest BCUT2D eigenvalue weighted by Crippen LogP contribution is 2.32. The highest BCUT2D eigenvalue weighted by Gasteiger charge is 2.31. The van der Waals surface area contributed by atoms with Gasteiger partial charge in [0.2, 0.25) is 0 Å². The van der Waals surface area contributed by atoms with Crippen molar-refractivity contribution in [1.82, 2.24) is 9.88 Å². The Morgan fingerprint density at radius 2 is 1.78 bits per heavy atom. The molecule has 2 heterocycles. The molecule has 0 saturated carbocycles. The SMILES string of the molecule is CN(C)c1ncccc1C(=O)N1CCN(c2cccc(C(F)(F)F)c2)CC1. The fourth-order valence-corrected chi connectivity index (χ4v) is 3.14. The lowest BCUT2D eigenvalue weighted by molar-refractivity contribution is -0.137. The molecule has 2 aromatic rings. The van der Waals surface area contributed by atoms with Crippen LogP contribution in [0.25, 0.3) is 0 Å². The molecule has 5 nitrogen and oxygen atoms in total. The van der Waals surface area contributed by atoms with E-state index in [2.05, 4.69) is 4.98 Å². The van der Waals surface area contributed by atoms with Crippen molar-refractivity contribution in [3.05, 3.63) is 53.7 Å². The molecule has 1 amide bonds. The summed E-state index contributed by atoms with van der Waals surface area (Å²) in [6, 6.07) is 8.76. The molecule has 0 aliphatic carbocycles. The first-order valence-corrected chi connectivity index (χ1v) is 8.61. The van der Waals surface area contributed by atoms with Gasteiger partial charge in [-0.15, -0.1) is 0 Å². The molecule has 0 bridgehead atoms. The van der Waals surface area contributed by atoms with Gasteiger partial charge in [-0.3, -0.25) is 4.79 Å². The first-order chi connectivity index (χ1) is 12.8. The second-order valence-corrected chi connectivity index (χ2v) is 6.60. The minimum absolute atomic E-state index is 0.115. The first-order valence-electron chi connectivity index (χ1n) is 8.61. The topological polar surface area (TPSA) is 39.7 Å². The van der Waals surface area contributed by atoms with Crippen molar-refractivity contribution in [2.45, 2.75) is 6.18 Å². The quantitative estimate of drug-likeness (QED) is 0.823. The van der Waals surface area contributed by atoms with Crippen LogP contribution in [0.15, 0.2) is 42.6 Å². The van der Waals surface area contributed by atoms with Gasteiger partial charge in [0.05, 0.1) is 11.1 Å². The van der Waals surface area contributed by atoms with Crippen LogP contribution in [0, 0.1) is 0 Å². The van der Waals surface area contributed by atoms with Crippen LogP contribution in [-0.2, 0) is 6.18 Å². The second-order valence-electron chi connectivity index (χ2n) is 6.60. The fraction of sp³-hybridized carbons (Fsp3) is 0.368. The van der Waals surface area contributed by atoms with Crippen molar-refractivity contribution in [1.29, 1.82) is 0 Å². The number of aromatic nitrogens is 1. The van der Waals surface area contributed by atoms with E-state index in [0.29, 0.717) is 43.2 Å². The minimum Gasteiger partial charge on any atom is -0.368 e. The molecule has 0 spiro atoms. The van der Waals surface area contributed by atoms with Crippen LogP contribution in [0.1, 0.15) is 15.9 Å². The average molecular weight is 378 g/mol. The zero-order valence-corrected chi connectivity index (χ0v) is 15.2. The number of pyridine rings is 1. The van der Waals surface area contributed by atoms with E-state index in [1.807, 2.05) is 19.0 Å². The number of halogens is 3. The third kappa shape index (κ3) is 4.15. The number of benzene rings is 1. The van der Waals surface area contributed by atoms with E-state index >= 15 is 0 Å². The molecule has 0 atom stereocenters. The summed E-state index contributed by atoms with van der Waals surface area (Å²) in [5, 5.41) is 0. The van der Waals surface area contributed by atoms with E-state index in [0.717, 1.165) is 12.1 Å². The largest absolute Gasteiger partial charge is 0.416 e. The maximum absolute atomic E-state index is 12.9. The summed E-state index contributed by atoms with van der Waals surface area (Å²) < 4.78 is 38.7. The van der Waals surface area contributed by atoms with Gasteiger partial charge in [-0.2, -0.15) is 13.2 Å². The van der Waals surface area contributed by atoms with Crippen molar-refractivity contribution in [3.63, 3.8) is 0 Å². The van der Waals surface area contributed by atoms with Crippen molar-refractivity contribution in [2.24, 2.45) is 0 Å². The molecule has 1 aromatic heterocycles. The van der Waals surface area contributed by atoms with E-state index in [-0.39, 0.29) is 5.91 Å². The van der Waals surface area contributed by atoms with Crippen molar-refractivity contribution < 1.29 is 18.0 Å². The fourth-order valence-electron chi connectivity index (χ4n) is 3.14. The Kier molecular flexibility index (Phi) is 5.25. The van der Waals surface area contributed by atoms with Gasteiger partial charge < -0.3 is 14.7 Å². The first kappa shape index (κ1) is 19.0. The van der Waals surface area contributed by atoms with Gasteiger partial charge in [0.25, 0.3) is 5.91 Å².